The van der Waals surface area contributed by atoms with Crippen LogP contribution in [0.3, 0.4) is 0 Å². The molecule has 3 aliphatic rings. The van der Waals surface area contributed by atoms with Crippen LogP contribution in [0.5, 0.6) is 0 Å². The summed E-state index contributed by atoms with van der Waals surface area (Å²) in [7, 11) is 0. The normalized spacial score (nSPS) is 18.9. The molecule has 25 nitrogen and oxygen atoms in total. The first-order valence-corrected chi connectivity index (χ1v) is 26.5. The minimum absolute atomic E-state index is 0.0191. The van der Waals surface area contributed by atoms with Crippen molar-refractivity contribution in [2.24, 2.45) is 38.7 Å². The highest BCUT2D eigenvalue weighted by atomic mass is 35.5. The fourth-order valence-corrected chi connectivity index (χ4v) is 9.88. The van der Waals surface area contributed by atoms with Crippen LogP contribution in [0.1, 0.15) is 75.3 Å². The molecule has 16 N–H and O–H groups in total. The smallest absolute Gasteiger partial charge is 0.248 e. The molecule has 2 aromatic rings. The van der Waals surface area contributed by atoms with E-state index in [2.05, 4.69) is 36.6 Å². The molecule has 420 valence electrons. The second-order valence-corrected chi connectivity index (χ2v) is 19.5. The van der Waals surface area contributed by atoms with E-state index in [1.807, 2.05) is 0 Å². The molecule has 26 heteroatoms. The van der Waals surface area contributed by atoms with Gasteiger partial charge in [0.15, 0.2) is 17.7 Å². The van der Waals surface area contributed by atoms with Crippen LogP contribution < -0.4 is 55.3 Å². The Labute approximate surface area is 452 Å². The highest BCUT2D eigenvalue weighted by Crippen LogP contribution is 2.26. The van der Waals surface area contributed by atoms with E-state index in [9.17, 15) is 48.3 Å². The molecule has 8 amide bonds. The van der Waals surface area contributed by atoms with Crippen LogP contribution in [-0.4, -0.2) is 185 Å². The summed E-state index contributed by atoms with van der Waals surface area (Å²) in [5.41, 5.74) is 29.1. The number of rotatable bonds is 28. The van der Waals surface area contributed by atoms with E-state index >= 15 is 0 Å². The number of carbonyl (C=O) groups excluding carboxylic acids is 9. The maximum absolute atomic E-state index is 14.2. The minimum atomic E-state index is -1.57. The Kier molecular flexibility index (Phi) is 23.9. The predicted molar refractivity (Wildman–Crippen MR) is 286 cm³/mol. The fraction of sp³-hybridized carbons (Fsp3) is 0.549. The molecule has 8 atom stereocenters. The minimum Gasteiger partial charge on any atom is -0.394 e. The molecule has 8 unspecified atom stereocenters. The number of Topliss-reactive ketones (excluding diaryl/α,β-unsaturated/α-hetero) is 1. The van der Waals surface area contributed by atoms with Crippen molar-refractivity contribution in [3.8, 4) is 0 Å². The van der Waals surface area contributed by atoms with Gasteiger partial charge in [0.05, 0.1) is 31.1 Å². The summed E-state index contributed by atoms with van der Waals surface area (Å²) in [4.78, 5) is 136. The molecule has 5 rings (SSSR count). The summed E-state index contributed by atoms with van der Waals surface area (Å²) in [5.74, 6) is -6.22. The van der Waals surface area contributed by atoms with Gasteiger partial charge in [0.2, 0.25) is 47.3 Å². The van der Waals surface area contributed by atoms with Crippen LogP contribution in [0.25, 0.3) is 0 Å². The molecule has 0 radical (unpaired) electrons. The van der Waals surface area contributed by atoms with Gasteiger partial charge in [-0.1, -0.05) is 60.7 Å². The zero-order valence-electron chi connectivity index (χ0n) is 43.2. The molecule has 3 aliphatic heterocycles. The SMILES string of the molecule is NC(N)=NCCCC(N)C(=O)N1CCCC1C(=O)N1CCCC1C(=O)NCC(=O)NC(Cc1ccccc1)C(=O)NC(CO)C(=O)N1CCCC1C(=O)NC(Cc1ccccc1)C(=O)NC(CCCN=C(N)N)C(=O)CCl. The Morgan fingerprint density at radius 3 is 1.61 bits per heavy atom. The Bertz CT molecular complexity index is 2430. The zero-order valence-corrected chi connectivity index (χ0v) is 43.9. The first-order valence-electron chi connectivity index (χ1n) is 26.0. The topological polar surface area (TPSA) is 399 Å². The molecule has 3 heterocycles. The number of carbonyl (C=O) groups is 9. The Morgan fingerprint density at radius 2 is 1.08 bits per heavy atom. The molecule has 2 aromatic carbocycles. The summed E-state index contributed by atoms with van der Waals surface area (Å²) < 4.78 is 0. The number of alkyl halides is 1. The van der Waals surface area contributed by atoms with Crippen LogP contribution >= 0.6 is 11.6 Å². The lowest BCUT2D eigenvalue weighted by Crippen LogP contribution is -2.60. The monoisotopic (exact) mass is 1090 g/mol. The lowest BCUT2D eigenvalue weighted by atomic mass is 10.0. The van der Waals surface area contributed by atoms with Crippen molar-refractivity contribution >= 4 is 76.6 Å². The molecular weight excluding hydrogens is 1020 g/mol. The maximum Gasteiger partial charge on any atom is 0.248 e. The molecule has 3 fully saturated rings. The predicted octanol–water partition coefficient (Wildman–Crippen LogP) is -3.27. The van der Waals surface area contributed by atoms with Crippen molar-refractivity contribution in [1.29, 1.82) is 0 Å². The molecule has 0 saturated carbocycles. The van der Waals surface area contributed by atoms with Crippen LogP contribution in [0.2, 0.25) is 0 Å². The summed E-state index contributed by atoms with van der Waals surface area (Å²) in [5, 5.41) is 23.8. The average Bonchev–Trinajstić information content (AvgIpc) is 4.24. The molecule has 0 bridgehead atoms. The van der Waals surface area contributed by atoms with Crippen molar-refractivity contribution in [2.45, 2.75) is 125 Å². The molecule has 0 aromatic heterocycles. The van der Waals surface area contributed by atoms with E-state index < -0.39 is 109 Å². The van der Waals surface area contributed by atoms with E-state index in [-0.39, 0.29) is 69.0 Å². The van der Waals surface area contributed by atoms with Gasteiger partial charge in [0.25, 0.3) is 0 Å². The van der Waals surface area contributed by atoms with Gasteiger partial charge < -0.3 is 75.1 Å². The highest BCUT2D eigenvalue weighted by molar-refractivity contribution is 6.28. The second kappa shape index (κ2) is 30.4. The number of nitrogens with two attached hydrogens (primary N) is 5. The largest absolute Gasteiger partial charge is 0.394 e. The van der Waals surface area contributed by atoms with Gasteiger partial charge in [-0.25, -0.2) is 0 Å². The average molecular weight is 1090 g/mol. The van der Waals surface area contributed by atoms with Crippen molar-refractivity contribution in [3.63, 3.8) is 0 Å². The molecular formula is C51H74ClN15O10. The van der Waals surface area contributed by atoms with Crippen LogP contribution in [-0.2, 0) is 56.0 Å². The third-order valence-corrected chi connectivity index (χ3v) is 13.9. The van der Waals surface area contributed by atoms with E-state index in [1.165, 1.54) is 14.7 Å². The number of benzene rings is 2. The van der Waals surface area contributed by atoms with E-state index in [4.69, 9.17) is 40.3 Å². The number of likely N-dealkylation sites (tertiary alicyclic amines) is 3. The number of aliphatic hydroxyl groups excluding tert-OH is 1. The molecule has 3 saturated heterocycles. The maximum atomic E-state index is 14.2. The van der Waals surface area contributed by atoms with Gasteiger partial charge in [-0.3, -0.25) is 53.1 Å². The van der Waals surface area contributed by atoms with Crippen LogP contribution in [0.15, 0.2) is 70.6 Å². The summed E-state index contributed by atoms with van der Waals surface area (Å²) in [6.45, 7) is -0.322. The van der Waals surface area contributed by atoms with E-state index in [0.29, 0.717) is 75.6 Å². The van der Waals surface area contributed by atoms with Crippen molar-refractivity contribution < 1.29 is 48.3 Å². The van der Waals surface area contributed by atoms with Gasteiger partial charge in [-0.2, -0.15) is 0 Å². The first-order chi connectivity index (χ1) is 36.9. The van der Waals surface area contributed by atoms with Gasteiger partial charge in [-0.15, -0.1) is 11.6 Å². The van der Waals surface area contributed by atoms with Crippen LogP contribution in [0, 0.1) is 0 Å². The van der Waals surface area contributed by atoms with E-state index in [0.717, 1.165) is 0 Å². The van der Waals surface area contributed by atoms with E-state index in [1.54, 1.807) is 60.7 Å². The lowest BCUT2D eigenvalue weighted by Gasteiger charge is -2.32. The summed E-state index contributed by atoms with van der Waals surface area (Å²) >= 11 is 5.89. The van der Waals surface area contributed by atoms with Crippen molar-refractivity contribution in [1.82, 2.24) is 41.3 Å². The number of hydrogen-bond acceptors (Lipinski definition) is 13. The quantitative estimate of drug-likeness (QED) is 0.0172. The van der Waals surface area contributed by atoms with Crippen molar-refractivity contribution in [3.05, 3.63) is 71.8 Å². The number of halogens is 1. The number of nitrogens with zero attached hydrogens (tertiary/aromatic N) is 5. The number of guanidine groups is 2. The number of amides is 8. The first kappa shape index (κ1) is 60.5. The Hall–Kier alpha value is -7.38. The Morgan fingerprint density at radius 1 is 0.597 bits per heavy atom. The number of hydrogen-bond donors (Lipinski definition) is 11. The lowest BCUT2D eigenvalue weighted by molar-refractivity contribution is -0.147. The third-order valence-electron chi connectivity index (χ3n) is 13.6. The number of aliphatic hydroxyl groups is 1. The summed E-state index contributed by atoms with van der Waals surface area (Å²) in [6, 6.07) is 8.64. The number of aliphatic imine (C=N–C) groups is 2. The van der Waals surface area contributed by atoms with Crippen LogP contribution in [0.4, 0.5) is 0 Å². The molecule has 0 aliphatic carbocycles. The van der Waals surface area contributed by atoms with Crippen molar-refractivity contribution in [2.75, 3.05) is 51.8 Å². The summed E-state index contributed by atoms with van der Waals surface area (Å²) in [6.07, 6.45) is 3.53. The molecule has 77 heavy (non-hydrogen) atoms. The van der Waals surface area contributed by atoms with Gasteiger partial charge in [0, 0.05) is 45.6 Å². The van der Waals surface area contributed by atoms with Gasteiger partial charge >= 0.3 is 0 Å². The Balaban J connectivity index is 1.21. The third kappa shape index (κ3) is 18.1. The number of nitrogens with one attached hydrogen (secondary N) is 5. The fourth-order valence-electron chi connectivity index (χ4n) is 9.70. The number of ketones is 1. The molecule has 0 spiro atoms. The second-order valence-electron chi connectivity index (χ2n) is 19.3. The standard InChI is InChI=1S/C51H74ClN15O10/c52-28-41(69)34(17-8-22-59-51(56)57)62-44(72)36(27-32-14-5-2-6-15-32)63-46(74)39-19-10-23-65(39)48(76)37(30-68)64-43(71)35(26-31-12-3-1-4-13-31)61-42(70)29-60-45(73)38-18-9-24-66(38)49(77)40-20-11-25-67(40)47(75)33(53)16-7-21-58-50(54)55/h1-6,12-15,33-40,68H,7-11,16-30,53H2,(H,60,73)(H,61,70)(H,62,72)(H,63,74)(H,64,71)(H4,54,55,58)(H4,56,57,59). The van der Waals surface area contributed by atoms with Gasteiger partial charge in [-0.05, 0) is 75.3 Å². The van der Waals surface area contributed by atoms with Gasteiger partial charge in [0.1, 0.15) is 36.3 Å². The zero-order chi connectivity index (χ0) is 56.0. The highest BCUT2D eigenvalue weighted by Gasteiger charge is 2.44.